The van der Waals surface area contributed by atoms with Gasteiger partial charge in [-0.1, -0.05) is 18.2 Å². The van der Waals surface area contributed by atoms with E-state index in [2.05, 4.69) is 4.98 Å². The smallest absolute Gasteiger partial charge is 0.352 e. The van der Waals surface area contributed by atoms with Gasteiger partial charge in [-0.15, -0.1) is 11.8 Å². The number of amides is 1. The van der Waals surface area contributed by atoms with Crippen molar-refractivity contribution in [2.24, 2.45) is 5.73 Å². The Bertz CT molecular complexity index is 657. The van der Waals surface area contributed by atoms with Crippen LogP contribution < -0.4 is 5.73 Å². The van der Waals surface area contributed by atoms with E-state index < -0.39 is 12.0 Å². The maximum Gasteiger partial charge on any atom is 0.352 e. The summed E-state index contributed by atoms with van der Waals surface area (Å²) >= 11 is 1.48. The third-order valence-electron chi connectivity index (χ3n) is 3.40. The van der Waals surface area contributed by atoms with E-state index in [1.54, 1.807) is 30.6 Å². The van der Waals surface area contributed by atoms with Gasteiger partial charge in [0.25, 0.3) is 0 Å². The van der Waals surface area contributed by atoms with E-state index in [9.17, 15) is 14.7 Å². The van der Waals surface area contributed by atoms with Crippen LogP contribution in [-0.2, 0) is 9.59 Å². The molecule has 1 aromatic heterocycles. The Morgan fingerprint density at radius 1 is 1.52 bits per heavy atom. The zero-order valence-corrected chi connectivity index (χ0v) is 11.8. The van der Waals surface area contributed by atoms with E-state index in [1.807, 2.05) is 6.07 Å². The Morgan fingerprint density at radius 2 is 2.33 bits per heavy atom. The first-order valence-corrected chi connectivity index (χ1v) is 7.39. The van der Waals surface area contributed by atoms with Gasteiger partial charge in [-0.25, -0.2) is 4.79 Å². The molecule has 1 amide bonds. The number of hydrogen-bond donors (Lipinski definition) is 2. The topological polar surface area (TPSA) is 96.5 Å². The average Bonchev–Trinajstić information content (AvgIpc) is 2.52. The minimum atomic E-state index is -1.11. The summed E-state index contributed by atoms with van der Waals surface area (Å²) in [6.45, 7) is 0. The van der Waals surface area contributed by atoms with Crippen molar-refractivity contribution in [2.75, 3.05) is 5.75 Å². The van der Waals surface area contributed by atoms with Gasteiger partial charge in [0, 0.05) is 18.1 Å². The molecule has 3 heterocycles. The number of carbonyl (C=O) groups excluding carboxylic acids is 1. The summed E-state index contributed by atoms with van der Waals surface area (Å²) in [4.78, 5) is 28.5. The Hall–Kier alpha value is -2.12. The van der Waals surface area contributed by atoms with Crippen LogP contribution in [0.2, 0.25) is 0 Å². The minimum Gasteiger partial charge on any atom is -0.477 e. The van der Waals surface area contributed by atoms with Gasteiger partial charge in [-0.2, -0.15) is 0 Å². The van der Waals surface area contributed by atoms with Gasteiger partial charge < -0.3 is 10.8 Å². The Morgan fingerprint density at radius 3 is 3.00 bits per heavy atom. The monoisotopic (exact) mass is 303 g/mol. The van der Waals surface area contributed by atoms with E-state index in [0.29, 0.717) is 11.3 Å². The van der Waals surface area contributed by atoms with Gasteiger partial charge in [-0.05, 0) is 17.2 Å². The molecule has 2 aliphatic rings. The number of hydrogen-bond acceptors (Lipinski definition) is 5. The highest BCUT2D eigenvalue weighted by atomic mass is 32.2. The molecule has 0 bridgehead atoms. The molecular formula is C14H13N3O3S. The number of thioether (sulfide) groups is 1. The number of fused-ring (bicyclic) bond motifs is 1. The number of pyridine rings is 1. The normalized spacial score (nSPS) is 25.0. The SMILES string of the molecule is N[C@@H]1C(=O)N2C(C(=O)O)=C(/C=C/c3cccnc3)CS[C@H]12. The molecule has 7 heteroatoms. The largest absolute Gasteiger partial charge is 0.477 e. The van der Waals surface area contributed by atoms with Crippen molar-refractivity contribution in [3.8, 4) is 0 Å². The van der Waals surface area contributed by atoms with Crippen LogP contribution in [0.5, 0.6) is 0 Å². The van der Waals surface area contributed by atoms with Crippen molar-refractivity contribution in [1.29, 1.82) is 0 Å². The molecule has 1 saturated heterocycles. The number of aliphatic carboxylic acids is 1. The lowest BCUT2D eigenvalue weighted by molar-refractivity contribution is -0.147. The van der Waals surface area contributed by atoms with Crippen LogP contribution in [0.15, 0.2) is 41.9 Å². The van der Waals surface area contributed by atoms with Crippen LogP contribution in [-0.4, -0.2) is 44.0 Å². The van der Waals surface area contributed by atoms with Crippen LogP contribution in [0.25, 0.3) is 6.08 Å². The van der Waals surface area contributed by atoms with Gasteiger partial charge in [0.15, 0.2) is 0 Å². The fourth-order valence-electron chi connectivity index (χ4n) is 2.34. The van der Waals surface area contributed by atoms with E-state index in [1.165, 1.54) is 16.7 Å². The molecular weight excluding hydrogens is 290 g/mol. The zero-order valence-electron chi connectivity index (χ0n) is 11.0. The van der Waals surface area contributed by atoms with E-state index in [4.69, 9.17) is 5.73 Å². The first-order chi connectivity index (χ1) is 10.1. The second kappa shape index (κ2) is 5.34. The molecule has 3 rings (SSSR count). The summed E-state index contributed by atoms with van der Waals surface area (Å²) in [6.07, 6.45) is 6.86. The average molecular weight is 303 g/mol. The highest BCUT2D eigenvalue weighted by Crippen LogP contribution is 2.39. The summed E-state index contributed by atoms with van der Waals surface area (Å²) in [5, 5.41) is 9.12. The molecule has 21 heavy (non-hydrogen) atoms. The van der Waals surface area contributed by atoms with E-state index in [0.717, 1.165) is 5.56 Å². The molecule has 3 N–H and O–H groups in total. The van der Waals surface area contributed by atoms with Crippen LogP contribution in [0, 0.1) is 0 Å². The fourth-order valence-corrected chi connectivity index (χ4v) is 3.60. The molecule has 0 saturated carbocycles. The Balaban J connectivity index is 1.93. The zero-order chi connectivity index (χ0) is 15.0. The third kappa shape index (κ3) is 2.34. The van der Waals surface area contributed by atoms with E-state index >= 15 is 0 Å². The maximum absolute atomic E-state index is 11.8. The number of carboxylic acid groups (broad SMARTS) is 1. The van der Waals surface area contributed by atoms with Gasteiger partial charge in [0.2, 0.25) is 5.91 Å². The molecule has 1 aromatic rings. The molecule has 0 radical (unpaired) electrons. The summed E-state index contributed by atoms with van der Waals surface area (Å²) in [5.41, 5.74) is 7.20. The van der Waals surface area contributed by atoms with Crippen LogP contribution >= 0.6 is 11.8 Å². The molecule has 6 nitrogen and oxygen atoms in total. The molecule has 0 aromatic carbocycles. The molecule has 0 spiro atoms. The van der Waals surface area contributed by atoms with Crippen molar-refractivity contribution in [1.82, 2.24) is 9.88 Å². The lowest BCUT2D eigenvalue weighted by Crippen LogP contribution is -2.68. The lowest BCUT2D eigenvalue weighted by atomic mass is 10.0. The number of aromatic nitrogens is 1. The maximum atomic E-state index is 11.8. The van der Waals surface area contributed by atoms with Crippen LogP contribution in [0.4, 0.5) is 0 Å². The Labute approximate surface area is 125 Å². The number of allylic oxidation sites excluding steroid dienone is 1. The number of carbonyl (C=O) groups is 2. The van der Waals surface area contributed by atoms with Crippen LogP contribution in [0.1, 0.15) is 5.56 Å². The van der Waals surface area contributed by atoms with Crippen molar-refractivity contribution in [2.45, 2.75) is 11.4 Å². The van der Waals surface area contributed by atoms with Gasteiger partial charge in [0.1, 0.15) is 17.1 Å². The summed E-state index contributed by atoms with van der Waals surface area (Å²) in [6, 6.07) is 3.07. The van der Waals surface area contributed by atoms with Crippen molar-refractivity contribution in [3.05, 3.63) is 47.4 Å². The van der Waals surface area contributed by atoms with Crippen molar-refractivity contribution in [3.63, 3.8) is 0 Å². The summed E-state index contributed by atoms with van der Waals surface area (Å²) in [7, 11) is 0. The third-order valence-corrected chi connectivity index (χ3v) is 4.73. The molecule has 0 unspecified atom stereocenters. The quantitative estimate of drug-likeness (QED) is 0.797. The van der Waals surface area contributed by atoms with Gasteiger partial charge in [-0.3, -0.25) is 14.7 Å². The second-order valence-corrected chi connectivity index (χ2v) is 5.84. The minimum absolute atomic E-state index is 0.0330. The Kier molecular flexibility index (Phi) is 3.52. The predicted octanol–water partition coefficient (Wildman–Crippen LogP) is 0.676. The number of rotatable bonds is 3. The second-order valence-electron chi connectivity index (χ2n) is 4.73. The van der Waals surface area contributed by atoms with Gasteiger partial charge >= 0.3 is 5.97 Å². The standard InChI is InChI=1S/C14H13N3O3S/c15-10-12(18)17-11(14(19)20)9(7-21-13(10)17)4-3-8-2-1-5-16-6-8/h1-6,10,13H,7,15H2,(H,19,20)/b4-3+/t10-,13-/m1/s1. The molecule has 108 valence electrons. The summed E-state index contributed by atoms with van der Waals surface area (Å²) in [5.74, 6) is -0.927. The number of β-lactam (4-membered cyclic amide) rings is 1. The number of nitrogens with zero attached hydrogens (tertiary/aromatic N) is 2. The molecule has 2 atom stereocenters. The fraction of sp³-hybridized carbons (Fsp3) is 0.214. The molecule has 0 aliphatic carbocycles. The predicted molar refractivity (Wildman–Crippen MR) is 79.0 cm³/mol. The number of carboxylic acids is 1. The molecule has 1 fully saturated rings. The van der Waals surface area contributed by atoms with Crippen molar-refractivity contribution >= 4 is 29.7 Å². The van der Waals surface area contributed by atoms with Gasteiger partial charge in [0.05, 0.1) is 0 Å². The highest BCUT2D eigenvalue weighted by Gasteiger charge is 2.51. The number of nitrogens with two attached hydrogens (primary N) is 1. The first kappa shape index (κ1) is 13.8. The van der Waals surface area contributed by atoms with Crippen LogP contribution in [0.3, 0.4) is 0 Å². The molecule has 2 aliphatic heterocycles. The first-order valence-electron chi connectivity index (χ1n) is 6.34. The van der Waals surface area contributed by atoms with Crippen molar-refractivity contribution < 1.29 is 14.7 Å². The summed E-state index contributed by atoms with van der Waals surface area (Å²) < 4.78 is 0. The lowest BCUT2D eigenvalue weighted by Gasteiger charge is -2.47. The highest BCUT2D eigenvalue weighted by molar-refractivity contribution is 8.00. The van der Waals surface area contributed by atoms with E-state index in [-0.39, 0.29) is 17.0 Å².